The van der Waals surface area contributed by atoms with Gasteiger partial charge in [0.15, 0.2) is 0 Å². The van der Waals surface area contributed by atoms with E-state index in [2.05, 4.69) is 5.32 Å². The summed E-state index contributed by atoms with van der Waals surface area (Å²) in [6, 6.07) is 0. The van der Waals surface area contributed by atoms with E-state index in [0.717, 1.165) is 51.4 Å². The molecule has 0 heterocycles. The van der Waals surface area contributed by atoms with E-state index in [-0.39, 0.29) is 33.3 Å². The van der Waals surface area contributed by atoms with Crippen molar-refractivity contribution in [1.82, 2.24) is 5.32 Å². The molecule has 0 aromatic heterocycles. The van der Waals surface area contributed by atoms with E-state index in [0.29, 0.717) is 19.4 Å². The van der Waals surface area contributed by atoms with Gasteiger partial charge in [0.05, 0.1) is 12.5 Å². The highest BCUT2D eigenvalue weighted by Gasteiger charge is 2.21. The van der Waals surface area contributed by atoms with Gasteiger partial charge in [-0.15, -0.1) is 0 Å². The number of amides is 2. The molecule has 0 aliphatic heterocycles. The molecule has 2 atom stereocenters. The van der Waals surface area contributed by atoms with Crippen LogP contribution < -0.4 is 11.1 Å². The molecule has 33 heavy (non-hydrogen) atoms. The van der Waals surface area contributed by atoms with Crippen LogP contribution in [-0.4, -0.2) is 46.9 Å². The summed E-state index contributed by atoms with van der Waals surface area (Å²) < 4.78 is 0. The molecule has 196 valence electrons. The van der Waals surface area contributed by atoms with Gasteiger partial charge in [0, 0.05) is 34.6 Å². The minimum absolute atomic E-state index is 0. The van der Waals surface area contributed by atoms with Gasteiger partial charge in [0.1, 0.15) is 5.78 Å². The first-order chi connectivity index (χ1) is 15.8. The van der Waals surface area contributed by atoms with E-state index in [4.69, 9.17) is 15.9 Å². The summed E-state index contributed by atoms with van der Waals surface area (Å²) in [6.07, 6.45) is 13.9. The van der Waals surface area contributed by atoms with Crippen LogP contribution in [0.25, 0.3) is 0 Å². The third kappa shape index (κ3) is 19.2. The quantitative estimate of drug-likeness (QED) is 0.163. The Balaban J connectivity index is -0.00000512. The van der Waals surface area contributed by atoms with Gasteiger partial charge in [-0.05, 0) is 25.7 Å². The number of nitrogens with two attached hydrogens (primary N) is 1. The van der Waals surface area contributed by atoms with Gasteiger partial charge in [0.2, 0.25) is 11.8 Å². The smallest absolute Gasteiger partial charge is 0.303 e. The molecule has 0 rings (SSSR count). The highest BCUT2D eigenvalue weighted by Crippen LogP contribution is 2.15. The zero-order chi connectivity index (χ0) is 24.9. The van der Waals surface area contributed by atoms with Crippen LogP contribution in [-0.2, 0) is 19.2 Å². The molecular weight excluding hydrogens is 424 g/mol. The monoisotopic (exact) mass is 474 g/mol. The number of unbranched alkanes of at least 4 members (excludes halogenated alkanes) is 10. The van der Waals surface area contributed by atoms with E-state index in [1.807, 2.05) is 6.92 Å². The molecule has 0 aliphatic carbocycles. The molecule has 0 spiro atoms. The van der Waals surface area contributed by atoms with Gasteiger partial charge in [-0.25, -0.2) is 0 Å². The van der Waals surface area contributed by atoms with Crippen molar-refractivity contribution in [2.24, 2.45) is 17.6 Å². The van der Waals surface area contributed by atoms with Crippen LogP contribution in [0.3, 0.4) is 0 Å². The molecule has 0 aromatic carbocycles. The van der Waals surface area contributed by atoms with Crippen LogP contribution in [0.2, 0.25) is 0 Å². The topological polar surface area (TPSA) is 147 Å². The second kappa shape index (κ2) is 20.6. The summed E-state index contributed by atoms with van der Waals surface area (Å²) in [5, 5.41) is 20.6. The Kier molecular flexibility index (Phi) is 19.4. The molecule has 0 aliphatic rings. The molecule has 0 aromatic rings. The lowest BCUT2D eigenvalue weighted by Gasteiger charge is -2.14. The summed E-state index contributed by atoms with van der Waals surface area (Å²) >= 11 is 0. The fraction of sp³-hybridized carbons (Fsp3) is 0.840. The third-order valence-corrected chi connectivity index (χ3v) is 6.05. The summed E-state index contributed by atoms with van der Waals surface area (Å²) in [6.45, 7) is 2.02. The number of aliphatic hydroxyl groups excluding tert-OH is 1. The zero-order valence-electron chi connectivity index (χ0n) is 20.5. The van der Waals surface area contributed by atoms with Gasteiger partial charge >= 0.3 is 5.97 Å². The Labute approximate surface area is 202 Å². The number of nitrogens with one attached hydrogen (secondary N) is 1. The number of carbonyl (C=O) groups is 4. The zero-order valence-corrected chi connectivity index (χ0v) is 20.5. The number of primary amides is 1. The number of Topliss-reactive ketones (excluding diaryl/α,β-unsaturated/α-hetero) is 1. The SMILES string of the molecule is C[C@H](CCCCNC(=O)CCCCCCCCCCCCC(=O)O)C(=O)C[C@@H](CO)C(N)=O.[HH].[HH]. The van der Waals surface area contributed by atoms with Gasteiger partial charge < -0.3 is 21.3 Å². The maximum absolute atomic E-state index is 12.1. The molecular formula is C25H50N2O6. The van der Waals surface area contributed by atoms with Crippen LogP contribution in [0.4, 0.5) is 0 Å². The summed E-state index contributed by atoms with van der Waals surface area (Å²) in [7, 11) is 0. The maximum atomic E-state index is 12.1. The number of carboxylic acid groups (broad SMARTS) is 1. The van der Waals surface area contributed by atoms with Crippen LogP contribution in [0.1, 0.15) is 113 Å². The average Bonchev–Trinajstić information content (AvgIpc) is 2.77. The normalized spacial score (nSPS) is 12.8. The first-order valence-electron chi connectivity index (χ1n) is 12.7. The maximum Gasteiger partial charge on any atom is 0.303 e. The second-order valence-electron chi connectivity index (χ2n) is 9.13. The molecule has 0 saturated carbocycles. The second-order valence-corrected chi connectivity index (χ2v) is 9.13. The summed E-state index contributed by atoms with van der Waals surface area (Å²) in [4.78, 5) is 45.5. The summed E-state index contributed by atoms with van der Waals surface area (Å²) in [5.74, 6) is -2.34. The number of ketones is 1. The van der Waals surface area contributed by atoms with Crippen LogP contribution in [0.15, 0.2) is 0 Å². The highest BCUT2D eigenvalue weighted by molar-refractivity contribution is 5.87. The molecule has 0 radical (unpaired) electrons. The molecule has 2 amide bonds. The molecule has 0 saturated heterocycles. The number of carboxylic acids is 1. The minimum Gasteiger partial charge on any atom is -0.481 e. The van der Waals surface area contributed by atoms with E-state index in [1.165, 1.54) is 25.7 Å². The van der Waals surface area contributed by atoms with E-state index >= 15 is 0 Å². The fourth-order valence-electron chi connectivity index (χ4n) is 3.73. The van der Waals surface area contributed by atoms with Crippen molar-refractivity contribution < 1.29 is 32.2 Å². The molecule has 8 heteroatoms. The van der Waals surface area contributed by atoms with Gasteiger partial charge in [0.25, 0.3) is 0 Å². The Bertz CT molecular complexity index is 578. The van der Waals surface area contributed by atoms with Crippen LogP contribution in [0, 0.1) is 11.8 Å². The van der Waals surface area contributed by atoms with Crippen molar-refractivity contribution >= 4 is 23.6 Å². The van der Waals surface area contributed by atoms with Crippen molar-refractivity contribution in [3.63, 3.8) is 0 Å². The molecule has 5 N–H and O–H groups in total. The van der Waals surface area contributed by atoms with Crippen LogP contribution in [0.5, 0.6) is 0 Å². The van der Waals surface area contributed by atoms with Crippen LogP contribution >= 0.6 is 0 Å². The average molecular weight is 475 g/mol. The Morgan fingerprint density at radius 1 is 0.818 bits per heavy atom. The molecule has 0 unspecified atom stereocenters. The van der Waals surface area contributed by atoms with Gasteiger partial charge in [-0.2, -0.15) is 0 Å². The van der Waals surface area contributed by atoms with E-state index < -0.39 is 24.4 Å². The number of rotatable bonds is 23. The van der Waals surface area contributed by atoms with Gasteiger partial charge in [-0.3, -0.25) is 19.2 Å². The van der Waals surface area contributed by atoms with Crippen molar-refractivity contribution in [2.45, 2.75) is 110 Å². The number of hydrogen-bond donors (Lipinski definition) is 4. The van der Waals surface area contributed by atoms with E-state index in [1.54, 1.807) is 0 Å². The lowest BCUT2D eigenvalue weighted by molar-refractivity contribution is -0.137. The van der Waals surface area contributed by atoms with Crippen molar-refractivity contribution in [2.75, 3.05) is 13.2 Å². The molecule has 0 fully saturated rings. The Morgan fingerprint density at radius 2 is 1.33 bits per heavy atom. The Morgan fingerprint density at radius 3 is 1.82 bits per heavy atom. The number of aliphatic carboxylic acids is 1. The predicted molar refractivity (Wildman–Crippen MR) is 133 cm³/mol. The standard InChI is InChI=1S/C25H46N2O6.2H2/c1-20(22(29)18-21(19-28)25(26)33)14-12-13-17-27-23(30)15-10-8-6-4-2-3-5-7-9-11-16-24(31)32;;/h20-21,28H,2-19H2,1H3,(H2,26,33)(H,27,30)(H,31,32);2*1H/t20-,21+;;/m1../s1. The van der Waals surface area contributed by atoms with Gasteiger partial charge in [-0.1, -0.05) is 64.7 Å². The van der Waals surface area contributed by atoms with Crippen molar-refractivity contribution in [3.8, 4) is 0 Å². The van der Waals surface area contributed by atoms with Crippen molar-refractivity contribution in [3.05, 3.63) is 0 Å². The number of aliphatic hydroxyl groups is 1. The molecule has 8 nitrogen and oxygen atoms in total. The lowest BCUT2D eigenvalue weighted by atomic mass is 9.92. The number of carbonyl (C=O) groups excluding carboxylic acids is 3. The van der Waals surface area contributed by atoms with Crippen molar-refractivity contribution in [1.29, 1.82) is 0 Å². The third-order valence-electron chi connectivity index (χ3n) is 6.05. The van der Waals surface area contributed by atoms with E-state index in [9.17, 15) is 19.2 Å². The fourth-order valence-corrected chi connectivity index (χ4v) is 3.73. The predicted octanol–water partition coefficient (Wildman–Crippen LogP) is 4.22. The first kappa shape index (κ1) is 31.0. The first-order valence-corrected chi connectivity index (χ1v) is 12.7. The molecule has 0 bridgehead atoms. The lowest BCUT2D eigenvalue weighted by Crippen LogP contribution is -2.30. The summed E-state index contributed by atoms with van der Waals surface area (Å²) in [5.41, 5.74) is 5.15. The minimum atomic E-state index is -0.805. The largest absolute Gasteiger partial charge is 0.481 e. The Hall–Kier alpha value is -1.96. The highest BCUT2D eigenvalue weighted by atomic mass is 16.4. The number of hydrogen-bond acceptors (Lipinski definition) is 5.